The lowest BCUT2D eigenvalue weighted by Gasteiger charge is -2.11. The molecule has 0 bridgehead atoms. The lowest BCUT2D eigenvalue weighted by atomic mass is 10.2. The molecule has 0 spiro atoms. The summed E-state index contributed by atoms with van der Waals surface area (Å²) < 4.78 is 3.81. The summed E-state index contributed by atoms with van der Waals surface area (Å²) in [5, 5.41) is 4.99. The molecule has 92 valence electrons. The molecule has 17 heavy (non-hydrogen) atoms. The molecule has 0 aliphatic carbocycles. The molecule has 0 saturated heterocycles. The fraction of sp³-hybridized carbons (Fsp3) is 0.417. The van der Waals surface area contributed by atoms with Crippen LogP contribution in [-0.2, 0) is 13.6 Å². The molecule has 0 aliphatic heterocycles. The van der Waals surface area contributed by atoms with Gasteiger partial charge in [0.1, 0.15) is 5.15 Å². The maximum absolute atomic E-state index is 6.22. The lowest BCUT2D eigenvalue weighted by Crippen LogP contribution is -2.12. The van der Waals surface area contributed by atoms with Crippen molar-refractivity contribution in [1.29, 1.82) is 0 Å². The Bertz CT molecular complexity index is 525. The Labute approximate surface area is 106 Å². The van der Waals surface area contributed by atoms with Crippen LogP contribution in [0.25, 0.3) is 0 Å². The van der Waals surface area contributed by atoms with Crippen molar-refractivity contribution < 1.29 is 0 Å². The van der Waals surface area contributed by atoms with Gasteiger partial charge in [-0.25, -0.2) is 0 Å². The third-order valence-electron chi connectivity index (χ3n) is 2.93. The Morgan fingerprint density at radius 2 is 2.24 bits per heavy atom. The molecule has 2 aromatic rings. The lowest BCUT2D eigenvalue weighted by molar-refractivity contribution is 0.673. The van der Waals surface area contributed by atoms with E-state index < -0.39 is 0 Å². The van der Waals surface area contributed by atoms with Crippen LogP contribution in [0.3, 0.4) is 0 Å². The second-order valence-electron chi connectivity index (χ2n) is 4.33. The molecule has 2 rings (SSSR count). The topological polar surface area (TPSA) is 48.8 Å². The molecular weight excluding hydrogens is 236 g/mol. The van der Waals surface area contributed by atoms with Crippen LogP contribution in [0.2, 0.25) is 5.15 Å². The van der Waals surface area contributed by atoms with Crippen molar-refractivity contribution in [2.45, 2.75) is 26.4 Å². The molecular formula is C12H17ClN4. The van der Waals surface area contributed by atoms with Crippen molar-refractivity contribution in [3.05, 3.63) is 40.4 Å². The standard InChI is InChI=1S/C12H17ClN4/c1-8(14)11-5-4-6-17(11)7-10-9(2)15-16(3)12(10)13/h4-6,8H,7,14H2,1-3H3. The summed E-state index contributed by atoms with van der Waals surface area (Å²) >= 11 is 6.22. The van der Waals surface area contributed by atoms with Crippen LogP contribution in [0.4, 0.5) is 0 Å². The van der Waals surface area contributed by atoms with E-state index in [1.807, 2.05) is 39.2 Å². The number of nitrogens with two attached hydrogens (primary N) is 1. The van der Waals surface area contributed by atoms with Crippen LogP contribution in [0.5, 0.6) is 0 Å². The Hall–Kier alpha value is -1.26. The van der Waals surface area contributed by atoms with Crippen LogP contribution >= 0.6 is 11.6 Å². The fourth-order valence-corrected chi connectivity index (χ4v) is 2.24. The van der Waals surface area contributed by atoms with Crippen molar-refractivity contribution >= 4 is 11.6 Å². The van der Waals surface area contributed by atoms with Gasteiger partial charge in [-0.1, -0.05) is 11.6 Å². The Balaban J connectivity index is 2.35. The molecule has 2 aromatic heterocycles. The van der Waals surface area contributed by atoms with Crippen LogP contribution in [0.1, 0.15) is 29.9 Å². The van der Waals surface area contributed by atoms with E-state index in [9.17, 15) is 0 Å². The zero-order valence-corrected chi connectivity index (χ0v) is 11.1. The van der Waals surface area contributed by atoms with Gasteiger partial charge in [-0.2, -0.15) is 5.10 Å². The number of aromatic nitrogens is 3. The molecule has 4 nitrogen and oxygen atoms in total. The third kappa shape index (κ3) is 2.23. The summed E-state index contributed by atoms with van der Waals surface area (Å²) in [5.74, 6) is 0. The van der Waals surface area contributed by atoms with Gasteiger partial charge in [0.15, 0.2) is 0 Å². The molecule has 5 heteroatoms. The van der Waals surface area contributed by atoms with E-state index in [-0.39, 0.29) is 6.04 Å². The highest BCUT2D eigenvalue weighted by Crippen LogP contribution is 2.21. The fourth-order valence-electron chi connectivity index (χ4n) is 2.01. The summed E-state index contributed by atoms with van der Waals surface area (Å²) in [6, 6.07) is 4.04. The Morgan fingerprint density at radius 3 is 2.76 bits per heavy atom. The Morgan fingerprint density at radius 1 is 1.53 bits per heavy atom. The minimum atomic E-state index is 0.0146. The van der Waals surface area contributed by atoms with E-state index in [0.717, 1.165) is 17.0 Å². The van der Waals surface area contributed by atoms with Crippen LogP contribution < -0.4 is 5.73 Å². The highest BCUT2D eigenvalue weighted by atomic mass is 35.5. The summed E-state index contributed by atoms with van der Waals surface area (Å²) in [6.45, 7) is 4.65. The van der Waals surface area contributed by atoms with Gasteiger partial charge in [0.25, 0.3) is 0 Å². The molecule has 0 amide bonds. The number of halogens is 1. The maximum atomic E-state index is 6.22. The maximum Gasteiger partial charge on any atom is 0.131 e. The SMILES string of the molecule is Cc1nn(C)c(Cl)c1Cn1cccc1C(C)N. The normalized spacial score (nSPS) is 13.0. The minimum absolute atomic E-state index is 0.0146. The van der Waals surface area contributed by atoms with Gasteiger partial charge in [0, 0.05) is 30.5 Å². The highest BCUT2D eigenvalue weighted by Gasteiger charge is 2.13. The van der Waals surface area contributed by atoms with E-state index in [2.05, 4.69) is 9.67 Å². The second-order valence-corrected chi connectivity index (χ2v) is 4.69. The first-order valence-corrected chi connectivity index (χ1v) is 5.97. The molecule has 0 aliphatic rings. The zero-order valence-electron chi connectivity index (χ0n) is 10.3. The van der Waals surface area contributed by atoms with Crippen molar-refractivity contribution in [3.63, 3.8) is 0 Å². The number of hydrogen-bond acceptors (Lipinski definition) is 2. The van der Waals surface area contributed by atoms with Crippen molar-refractivity contribution in [1.82, 2.24) is 14.3 Å². The summed E-state index contributed by atoms with van der Waals surface area (Å²) in [6.07, 6.45) is 2.02. The average Bonchev–Trinajstić information content (AvgIpc) is 2.80. The van der Waals surface area contributed by atoms with Gasteiger partial charge in [-0.3, -0.25) is 4.68 Å². The monoisotopic (exact) mass is 252 g/mol. The average molecular weight is 253 g/mol. The van der Waals surface area contributed by atoms with Crippen molar-refractivity contribution in [2.75, 3.05) is 0 Å². The van der Waals surface area contributed by atoms with Gasteiger partial charge >= 0.3 is 0 Å². The zero-order chi connectivity index (χ0) is 12.6. The van der Waals surface area contributed by atoms with E-state index in [0.29, 0.717) is 11.7 Å². The van der Waals surface area contributed by atoms with E-state index in [1.54, 1.807) is 4.68 Å². The van der Waals surface area contributed by atoms with Crippen molar-refractivity contribution in [2.24, 2.45) is 12.8 Å². The smallest absolute Gasteiger partial charge is 0.131 e. The number of hydrogen-bond donors (Lipinski definition) is 1. The van der Waals surface area contributed by atoms with E-state index in [1.165, 1.54) is 0 Å². The summed E-state index contributed by atoms with van der Waals surface area (Å²) in [5.41, 5.74) is 9.03. The van der Waals surface area contributed by atoms with Gasteiger partial charge < -0.3 is 10.3 Å². The molecule has 1 atom stereocenters. The van der Waals surface area contributed by atoms with Gasteiger partial charge in [-0.15, -0.1) is 0 Å². The molecule has 2 heterocycles. The molecule has 0 saturated carbocycles. The first-order chi connectivity index (χ1) is 8.00. The number of nitrogens with zero attached hydrogens (tertiary/aromatic N) is 3. The molecule has 1 unspecified atom stereocenters. The van der Waals surface area contributed by atoms with Crippen LogP contribution in [0.15, 0.2) is 18.3 Å². The summed E-state index contributed by atoms with van der Waals surface area (Å²) in [4.78, 5) is 0. The van der Waals surface area contributed by atoms with E-state index >= 15 is 0 Å². The van der Waals surface area contributed by atoms with Crippen LogP contribution in [-0.4, -0.2) is 14.3 Å². The first kappa shape index (κ1) is 12.2. The second kappa shape index (κ2) is 4.55. The largest absolute Gasteiger partial charge is 0.345 e. The minimum Gasteiger partial charge on any atom is -0.345 e. The Kier molecular flexibility index (Phi) is 3.26. The quantitative estimate of drug-likeness (QED) is 0.911. The number of rotatable bonds is 3. The molecule has 0 fully saturated rings. The highest BCUT2D eigenvalue weighted by molar-refractivity contribution is 6.30. The molecule has 0 radical (unpaired) electrons. The first-order valence-electron chi connectivity index (χ1n) is 5.59. The van der Waals surface area contributed by atoms with Crippen LogP contribution in [0, 0.1) is 6.92 Å². The third-order valence-corrected chi connectivity index (χ3v) is 3.40. The van der Waals surface area contributed by atoms with Crippen molar-refractivity contribution in [3.8, 4) is 0 Å². The predicted octanol–water partition coefficient (Wildman–Crippen LogP) is 2.25. The molecule has 2 N–H and O–H groups in total. The van der Waals surface area contributed by atoms with Gasteiger partial charge in [-0.05, 0) is 26.0 Å². The van der Waals surface area contributed by atoms with E-state index in [4.69, 9.17) is 17.3 Å². The molecule has 0 aromatic carbocycles. The number of aryl methyl sites for hydroxylation is 2. The summed E-state index contributed by atoms with van der Waals surface area (Å²) in [7, 11) is 1.85. The van der Waals surface area contributed by atoms with Gasteiger partial charge in [0.2, 0.25) is 0 Å². The predicted molar refractivity (Wildman–Crippen MR) is 69.1 cm³/mol. The van der Waals surface area contributed by atoms with Gasteiger partial charge in [0.05, 0.1) is 12.2 Å².